The third-order valence-electron chi connectivity index (χ3n) is 5.64. The zero-order chi connectivity index (χ0) is 21.2. The lowest BCUT2D eigenvalue weighted by atomic mass is 9.98. The highest BCUT2D eigenvalue weighted by Crippen LogP contribution is 2.44. The Balaban J connectivity index is 1.17. The monoisotopic (exact) mass is 409 g/mol. The Labute approximate surface area is 180 Å². The molecule has 31 heavy (non-hydrogen) atoms. The van der Waals surface area contributed by atoms with Crippen molar-refractivity contribution in [3.05, 3.63) is 95.3 Å². The first kappa shape index (κ1) is 19.1. The lowest BCUT2D eigenvalue weighted by Gasteiger charge is -2.14. The van der Waals surface area contributed by atoms with Crippen LogP contribution in [0.25, 0.3) is 28.2 Å². The summed E-state index contributed by atoms with van der Waals surface area (Å²) < 4.78 is 5.56. The van der Waals surface area contributed by atoms with E-state index in [1.165, 1.54) is 22.3 Å². The van der Waals surface area contributed by atoms with Gasteiger partial charge in [-0.25, -0.2) is 9.78 Å². The maximum absolute atomic E-state index is 12.2. The maximum atomic E-state index is 12.2. The number of carbonyl (C=O) groups excluding carboxylic acids is 1. The van der Waals surface area contributed by atoms with Gasteiger partial charge in [-0.1, -0.05) is 66.7 Å². The molecular formula is C26H23N3O2. The van der Waals surface area contributed by atoms with Crippen molar-refractivity contribution in [2.45, 2.75) is 12.8 Å². The summed E-state index contributed by atoms with van der Waals surface area (Å²) in [7, 11) is 0. The Morgan fingerprint density at radius 2 is 1.77 bits per heavy atom. The summed E-state index contributed by atoms with van der Waals surface area (Å²) in [5.74, 6) is 0.964. The van der Waals surface area contributed by atoms with Gasteiger partial charge >= 0.3 is 6.09 Å². The van der Waals surface area contributed by atoms with Crippen molar-refractivity contribution in [2.24, 2.45) is 0 Å². The molecule has 0 spiro atoms. The summed E-state index contributed by atoms with van der Waals surface area (Å²) in [6, 6.07) is 22.7. The molecule has 0 aliphatic heterocycles. The Kier molecular flexibility index (Phi) is 5.00. The number of benzene rings is 3. The fourth-order valence-electron chi connectivity index (χ4n) is 4.25. The van der Waals surface area contributed by atoms with Gasteiger partial charge in [0.25, 0.3) is 0 Å². The molecule has 1 heterocycles. The van der Waals surface area contributed by atoms with Crippen LogP contribution in [0.15, 0.2) is 72.8 Å². The molecule has 5 nitrogen and oxygen atoms in total. The highest BCUT2D eigenvalue weighted by molar-refractivity contribution is 5.79. The number of hydrogen-bond acceptors (Lipinski definition) is 3. The number of aromatic nitrogens is 2. The van der Waals surface area contributed by atoms with Crippen molar-refractivity contribution in [3.63, 3.8) is 0 Å². The molecule has 0 atom stereocenters. The molecule has 1 aliphatic carbocycles. The molecule has 2 N–H and O–H groups in total. The molecule has 0 radical (unpaired) electrons. The van der Waals surface area contributed by atoms with Crippen LogP contribution in [-0.4, -0.2) is 29.2 Å². The number of amides is 1. The second-order valence-corrected chi connectivity index (χ2v) is 7.71. The van der Waals surface area contributed by atoms with Gasteiger partial charge in [0, 0.05) is 12.5 Å². The lowest BCUT2D eigenvalue weighted by molar-refractivity contribution is 0.144. The van der Waals surface area contributed by atoms with E-state index in [2.05, 4.69) is 39.6 Å². The Bertz CT molecular complexity index is 1240. The summed E-state index contributed by atoms with van der Waals surface area (Å²) in [5, 5.41) is 2.80. The van der Waals surface area contributed by atoms with E-state index in [1.54, 1.807) is 0 Å². The SMILES string of the molecule is Cc1nc2ccc(C=CCNC(=O)OCC3c4ccccc4-c4ccccc43)cc2[nH]1. The average molecular weight is 409 g/mol. The fourth-order valence-corrected chi connectivity index (χ4v) is 4.25. The van der Waals surface area contributed by atoms with Gasteiger partial charge in [0.1, 0.15) is 12.4 Å². The molecule has 5 rings (SSSR count). The van der Waals surface area contributed by atoms with Gasteiger partial charge in [-0.15, -0.1) is 0 Å². The molecule has 1 aliphatic rings. The standard InChI is InChI=1S/C26H23N3O2/c1-17-28-24-13-12-18(15-25(24)29-17)7-6-14-27-26(30)31-16-23-21-10-4-2-8-19(21)20-9-3-5-11-22(20)23/h2-13,15,23H,14,16H2,1H3,(H,27,30)(H,28,29). The van der Waals surface area contributed by atoms with Gasteiger partial charge in [-0.05, 0) is 46.9 Å². The van der Waals surface area contributed by atoms with Crippen LogP contribution in [0, 0.1) is 6.92 Å². The van der Waals surface area contributed by atoms with Gasteiger partial charge in [-0.2, -0.15) is 0 Å². The van der Waals surface area contributed by atoms with Crippen molar-refractivity contribution in [3.8, 4) is 11.1 Å². The average Bonchev–Trinajstić information content (AvgIpc) is 3.32. The van der Waals surface area contributed by atoms with Crippen molar-refractivity contribution in [2.75, 3.05) is 13.2 Å². The minimum Gasteiger partial charge on any atom is -0.449 e. The second-order valence-electron chi connectivity index (χ2n) is 7.71. The number of fused-ring (bicyclic) bond motifs is 4. The number of alkyl carbamates (subject to hydrolysis) is 1. The topological polar surface area (TPSA) is 67.0 Å². The fraction of sp³-hybridized carbons (Fsp3) is 0.154. The van der Waals surface area contributed by atoms with Gasteiger partial charge in [-0.3, -0.25) is 0 Å². The number of ether oxygens (including phenoxy) is 1. The molecule has 0 saturated carbocycles. The Hall–Kier alpha value is -3.86. The van der Waals surface area contributed by atoms with Gasteiger partial charge < -0.3 is 15.0 Å². The second kappa shape index (κ2) is 8.11. The molecule has 0 unspecified atom stereocenters. The summed E-state index contributed by atoms with van der Waals surface area (Å²) in [6.07, 6.45) is 3.47. The van der Waals surface area contributed by atoms with Crippen LogP contribution in [0.3, 0.4) is 0 Å². The number of hydrogen-bond donors (Lipinski definition) is 2. The number of rotatable bonds is 5. The van der Waals surface area contributed by atoms with Gasteiger partial charge in [0.2, 0.25) is 0 Å². The summed E-state index contributed by atoms with van der Waals surface area (Å²) in [4.78, 5) is 19.9. The molecule has 0 saturated heterocycles. The van der Waals surface area contributed by atoms with Crippen LogP contribution in [0.2, 0.25) is 0 Å². The first-order valence-corrected chi connectivity index (χ1v) is 10.4. The van der Waals surface area contributed by atoms with Crippen molar-refractivity contribution >= 4 is 23.2 Å². The van der Waals surface area contributed by atoms with Crippen LogP contribution in [-0.2, 0) is 4.74 Å². The third kappa shape index (κ3) is 3.82. The molecule has 5 heteroatoms. The number of H-pyrrole nitrogens is 1. The first-order chi connectivity index (χ1) is 15.2. The van der Waals surface area contributed by atoms with E-state index in [0.717, 1.165) is 22.4 Å². The number of imidazole rings is 1. The first-order valence-electron chi connectivity index (χ1n) is 10.4. The number of nitrogens with zero attached hydrogens (tertiary/aromatic N) is 1. The van der Waals surface area contributed by atoms with Crippen molar-refractivity contribution in [1.82, 2.24) is 15.3 Å². The van der Waals surface area contributed by atoms with E-state index in [1.807, 2.05) is 61.5 Å². The molecule has 1 aromatic heterocycles. The molecule has 0 fully saturated rings. The minimum atomic E-state index is -0.411. The van der Waals surface area contributed by atoms with Crippen molar-refractivity contribution < 1.29 is 9.53 Å². The summed E-state index contributed by atoms with van der Waals surface area (Å²) >= 11 is 0. The zero-order valence-electron chi connectivity index (χ0n) is 17.3. The van der Waals surface area contributed by atoms with Crippen LogP contribution < -0.4 is 5.32 Å². The van der Waals surface area contributed by atoms with E-state index in [9.17, 15) is 4.79 Å². The molecule has 3 aromatic carbocycles. The van der Waals surface area contributed by atoms with Crippen LogP contribution in [0.5, 0.6) is 0 Å². The number of nitrogens with one attached hydrogen (secondary N) is 2. The number of aryl methyl sites for hydroxylation is 1. The summed E-state index contributed by atoms with van der Waals surface area (Å²) in [5.41, 5.74) is 7.86. The largest absolute Gasteiger partial charge is 0.449 e. The lowest BCUT2D eigenvalue weighted by Crippen LogP contribution is -2.26. The van der Waals surface area contributed by atoms with Gasteiger partial charge in [0.05, 0.1) is 11.0 Å². The van der Waals surface area contributed by atoms with Crippen LogP contribution in [0.1, 0.15) is 28.4 Å². The van der Waals surface area contributed by atoms with E-state index in [4.69, 9.17) is 4.74 Å². The van der Waals surface area contributed by atoms with E-state index in [-0.39, 0.29) is 5.92 Å². The van der Waals surface area contributed by atoms with Crippen molar-refractivity contribution in [1.29, 1.82) is 0 Å². The maximum Gasteiger partial charge on any atom is 0.407 e. The Morgan fingerprint density at radius 3 is 2.52 bits per heavy atom. The predicted molar refractivity (Wildman–Crippen MR) is 123 cm³/mol. The molecule has 0 bridgehead atoms. The molecule has 154 valence electrons. The van der Waals surface area contributed by atoms with Crippen LogP contribution >= 0.6 is 0 Å². The smallest absolute Gasteiger partial charge is 0.407 e. The molecule has 4 aromatic rings. The highest BCUT2D eigenvalue weighted by Gasteiger charge is 2.28. The number of carbonyl (C=O) groups is 1. The highest BCUT2D eigenvalue weighted by atomic mass is 16.5. The van der Waals surface area contributed by atoms with Crippen LogP contribution in [0.4, 0.5) is 4.79 Å². The predicted octanol–water partition coefficient (Wildman–Crippen LogP) is 5.42. The third-order valence-corrected chi connectivity index (χ3v) is 5.64. The van der Waals surface area contributed by atoms with E-state index < -0.39 is 6.09 Å². The quantitative estimate of drug-likeness (QED) is 0.462. The minimum absolute atomic E-state index is 0.0679. The molecular weight excluding hydrogens is 386 g/mol. The van der Waals surface area contributed by atoms with E-state index >= 15 is 0 Å². The molecule has 1 amide bonds. The summed E-state index contributed by atoms with van der Waals surface area (Å²) in [6.45, 7) is 2.66. The number of aromatic amines is 1. The zero-order valence-corrected chi connectivity index (χ0v) is 17.3. The normalized spacial score (nSPS) is 12.8. The van der Waals surface area contributed by atoms with E-state index in [0.29, 0.717) is 13.2 Å². The van der Waals surface area contributed by atoms with Gasteiger partial charge in [0.15, 0.2) is 0 Å². The Morgan fingerprint density at radius 1 is 1.06 bits per heavy atom.